The third-order valence-electron chi connectivity index (χ3n) is 2.21. The van der Waals surface area contributed by atoms with Crippen LogP contribution in [-0.2, 0) is 0 Å². The zero-order chi connectivity index (χ0) is 13.3. The first-order valence-electron chi connectivity index (χ1n) is 4.89. The van der Waals surface area contributed by atoms with E-state index in [0.29, 0.717) is 20.9 Å². The number of aryl methyl sites for hydroxylation is 1. The summed E-state index contributed by atoms with van der Waals surface area (Å²) in [6, 6.07) is 3.42. The van der Waals surface area contributed by atoms with Gasteiger partial charge < -0.3 is 10.4 Å². The van der Waals surface area contributed by atoms with Gasteiger partial charge in [-0.1, -0.05) is 34.5 Å². The molecule has 0 fully saturated rings. The van der Waals surface area contributed by atoms with Gasteiger partial charge >= 0.3 is 5.97 Å². The summed E-state index contributed by atoms with van der Waals surface area (Å²) >= 11 is 13.1. The first-order chi connectivity index (χ1) is 8.47. The van der Waals surface area contributed by atoms with Crippen LogP contribution in [0.3, 0.4) is 0 Å². The summed E-state index contributed by atoms with van der Waals surface area (Å²) in [5, 5.41) is 13.3. The molecule has 0 saturated heterocycles. The van der Waals surface area contributed by atoms with Gasteiger partial charge in [0.2, 0.25) is 0 Å². The van der Waals surface area contributed by atoms with Gasteiger partial charge in [0.05, 0.1) is 16.9 Å². The number of aromatic nitrogens is 1. The first kappa shape index (κ1) is 13.1. The van der Waals surface area contributed by atoms with Crippen LogP contribution in [0, 0.1) is 6.92 Å². The Morgan fingerprint density at radius 3 is 2.72 bits per heavy atom. The fraction of sp³-hybridized carbons (Fsp3) is 0.0909. The van der Waals surface area contributed by atoms with Crippen molar-refractivity contribution in [1.82, 2.24) is 4.98 Å². The molecular weight excluding hydrogens is 295 g/mol. The Labute approximate surface area is 117 Å². The maximum atomic E-state index is 10.7. The van der Waals surface area contributed by atoms with Crippen molar-refractivity contribution < 1.29 is 9.90 Å². The van der Waals surface area contributed by atoms with E-state index in [1.807, 2.05) is 6.92 Å². The van der Waals surface area contributed by atoms with Gasteiger partial charge in [0, 0.05) is 5.02 Å². The summed E-state index contributed by atoms with van der Waals surface area (Å²) in [5.41, 5.74) is 1.47. The van der Waals surface area contributed by atoms with Crippen molar-refractivity contribution in [3.8, 4) is 0 Å². The van der Waals surface area contributed by atoms with E-state index < -0.39 is 5.97 Å². The Morgan fingerprint density at radius 1 is 1.39 bits per heavy atom. The van der Waals surface area contributed by atoms with E-state index >= 15 is 0 Å². The summed E-state index contributed by atoms with van der Waals surface area (Å²) in [6.07, 6.45) is 1.29. The molecule has 0 saturated carbocycles. The quantitative estimate of drug-likeness (QED) is 0.892. The van der Waals surface area contributed by atoms with Crippen molar-refractivity contribution in [2.75, 3.05) is 5.32 Å². The summed E-state index contributed by atoms with van der Waals surface area (Å²) in [6.45, 7) is 1.85. The smallest absolute Gasteiger partial charge is 0.347 e. The Bertz CT molecular complexity index is 613. The number of aromatic carboxylic acids is 1. The van der Waals surface area contributed by atoms with E-state index in [2.05, 4.69) is 10.3 Å². The van der Waals surface area contributed by atoms with Gasteiger partial charge in [0.1, 0.15) is 4.88 Å². The first-order valence-corrected chi connectivity index (χ1v) is 6.46. The molecule has 7 heteroatoms. The van der Waals surface area contributed by atoms with Crippen molar-refractivity contribution in [3.05, 3.63) is 38.8 Å². The minimum atomic E-state index is -1.01. The van der Waals surface area contributed by atoms with Crippen LogP contribution in [-0.4, -0.2) is 16.1 Å². The molecule has 2 aromatic rings. The number of hydrogen-bond acceptors (Lipinski definition) is 4. The molecule has 0 amide bonds. The average Bonchev–Trinajstić information content (AvgIpc) is 2.74. The van der Waals surface area contributed by atoms with Gasteiger partial charge in [-0.25, -0.2) is 9.78 Å². The topological polar surface area (TPSA) is 62.2 Å². The largest absolute Gasteiger partial charge is 0.477 e. The summed E-state index contributed by atoms with van der Waals surface area (Å²) in [4.78, 5) is 14.8. The zero-order valence-corrected chi connectivity index (χ0v) is 11.5. The second kappa shape index (κ2) is 5.14. The molecule has 0 bridgehead atoms. The number of carboxylic acid groups (broad SMARTS) is 1. The third kappa shape index (κ3) is 2.75. The summed E-state index contributed by atoms with van der Waals surface area (Å²) in [7, 11) is 0. The van der Waals surface area contributed by atoms with E-state index in [1.165, 1.54) is 6.20 Å². The van der Waals surface area contributed by atoms with Gasteiger partial charge in [0.25, 0.3) is 0 Å². The standard InChI is InChI=1S/C11H8Cl2N2O2S/c1-5-2-7(13)8(3-6(5)12)15-11-14-4-9(18-11)10(16)17/h2-4H,1H3,(H,14,15)(H,16,17). The molecule has 2 N–H and O–H groups in total. The molecule has 0 atom stereocenters. The molecule has 0 aliphatic rings. The van der Waals surface area contributed by atoms with Crippen LogP contribution in [0.5, 0.6) is 0 Å². The lowest BCUT2D eigenvalue weighted by atomic mass is 10.2. The lowest BCUT2D eigenvalue weighted by Gasteiger charge is -2.07. The van der Waals surface area contributed by atoms with Crippen LogP contribution in [0.1, 0.15) is 15.2 Å². The molecule has 1 heterocycles. The van der Waals surface area contributed by atoms with Gasteiger partial charge in [0.15, 0.2) is 5.13 Å². The second-order valence-corrected chi connectivity index (χ2v) is 5.39. The Balaban J connectivity index is 2.28. The van der Waals surface area contributed by atoms with Crippen molar-refractivity contribution >= 4 is 51.3 Å². The minimum Gasteiger partial charge on any atom is -0.477 e. The van der Waals surface area contributed by atoms with Gasteiger partial charge in [-0.15, -0.1) is 0 Å². The number of benzene rings is 1. The molecule has 0 aliphatic carbocycles. The van der Waals surface area contributed by atoms with Crippen molar-refractivity contribution in [1.29, 1.82) is 0 Å². The minimum absolute atomic E-state index is 0.159. The number of halogens is 2. The van der Waals surface area contributed by atoms with E-state index in [1.54, 1.807) is 12.1 Å². The molecule has 0 spiro atoms. The molecular formula is C11H8Cl2N2O2S. The van der Waals surface area contributed by atoms with Crippen LogP contribution in [0.4, 0.5) is 10.8 Å². The normalized spacial score (nSPS) is 10.4. The van der Waals surface area contributed by atoms with Crippen LogP contribution < -0.4 is 5.32 Å². The predicted molar refractivity (Wildman–Crippen MR) is 73.6 cm³/mol. The van der Waals surface area contributed by atoms with E-state index in [-0.39, 0.29) is 4.88 Å². The van der Waals surface area contributed by atoms with Gasteiger partial charge in [-0.05, 0) is 24.6 Å². The number of carbonyl (C=O) groups is 1. The molecule has 0 unspecified atom stereocenters. The fourth-order valence-corrected chi connectivity index (χ4v) is 2.38. The molecule has 0 radical (unpaired) electrons. The monoisotopic (exact) mass is 302 g/mol. The molecule has 1 aromatic carbocycles. The summed E-state index contributed by atoms with van der Waals surface area (Å²) < 4.78 is 0. The highest BCUT2D eigenvalue weighted by Crippen LogP contribution is 2.32. The summed E-state index contributed by atoms with van der Waals surface area (Å²) in [5.74, 6) is -1.01. The highest BCUT2D eigenvalue weighted by Gasteiger charge is 2.10. The molecule has 18 heavy (non-hydrogen) atoms. The second-order valence-electron chi connectivity index (χ2n) is 3.54. The highest BCUT2D eigenvalue weighted by atomic mass is 35.5. The number of hydrogen-bond donors (Lipinski definition) is 2. The van der Waals surface area contributed by atoms with E-state index in [4.69, 9.17) is 28.3 Å². The lowest BCUT2D eigenvalue weighted by molar-refractivity contribution is 0.0702. The molecule has 1 aromatic heterocycles. The predicted octanol–water partition coefficient (Wildman–Crippen LogP) is 4.20. The highest BCUT2D eigenvalue weighted by molar-refractivity contribution is 7.17. The Kier molecular flexibility index (Phi) is 3.75. The number of anilines is 2. The maximum Gasteiger partial charge on any atom is 0.347 e. The van der Waals surface area contributed by atoms with Crippen molar-refractivity contribution in [3.63, 3.8) is 0 Å². The number of rotatable bonds is 3. The van der Waals surface area contributed by atoms with E-state index in [0.717, 1.165) is 16.9 Å². The lowest BCUT2D eigenvalue weighted by Crippen LogP contribution is -1.91. The number of nitrogens with one attached hydrogen (secondary N) is 1. The SMILES string of the molecule is Cc1cc(Cl)c(Nc2ncc(C(=O)O)s2)cc1Cl. The number of nitrogens with zero attached hydrogens (tertiary/aromatic N) is 1. The van der Waals surface area contributed by atoms with Crippen LogP contribution in [0.2, 0.25) is 10.0 Å². The average molecular weight is 303 g/mol. The van der Waals surface area contributed by atoms with Crippen LogP contribution in [0.15, 0.2) is 18.3 Å². The van der Waals surface area contributed by atoms with Crippen molar-refractivity contribution in [2.45, 2.75) is 6.92 Å². The number of carboxylic acids is 1. The third-order valence-corrected chi connectivity index (χ3v) is 3.83. The zero-order valence-electron chi connectivity index (χ0n) is 9.20. The van der Waals surface area contributed by atoms with E-state index in [9.17, 15) is 4.79 Å². The molecule has 4 nitrogen and oxygen atoms in total. The Hall–Kier alpha value is -1.30. The van der Waals surface area contributed by atoms with Gasteiger partial charge in [-0.2, -0.15) is 0 Å². The molecule has 2 rings (SSSR count). The maximum absolute atomic E-state index is 10.7. The fourth-order valence-electron chi connectivity index (χ4n) is 1.29. The molecule has 94 valence electrons. The van der Waals surface area contributed by atoms with Crippen LogP contribution >= 0.6 is 34.5 Å². The Morgan fingerprint density at radius 2 is 2.11 bits per heavy atom. The number of thiazole rings is 1. The van der Waals surface area contributed by atoms with Crippen molar-refractivity contribution in [2.24, 2.45) is 0 Å². The van der Waals surface area contributed by atoms with Crippen LogP contribution in [0.25, 0.3) is 0 Å². The molecule has 0 aliphatic heterocycles. The van der Waals surface area contributed by atoms with Gasteiger partial charge in [-0.3, -0.25) is 0 Å².